The van der Waals surface area contributed by atoms with E-state index in [0.29, 0.717) is 31.8 Å². The number of nitrogens with zero attached hydrogens (tertiary/aromatic N) is 2. The molecule has 182 valence electrons. The third-order valence-corrected chi connectivity index (χ3v) is 6.98. The van der Waals surface area contributed by atoms with Crippen LogP contribution in [0.25, 0.3) is 6.08 Å². The van der Waals surface area contributed by atoms with Gasteiger partial charge in [-0.25, -0.2) is 0 Å². The molecular weight excluding hydrogens is 458 g/mol. The Morgan fingerprint density at radius 3 is 2.69 bits per heavy atom. The molecule has 1 saturated heterocycles. The second-order valence-electron chi connectivity index (χ2n) is 8.56. The number of piperidine rings is 1. The lowest BCUT2D eigenvalue weighted by atomic mass is 9.89. The van der Waals surface area contributed by atoms with Crippen molar-refractivity contribution in [2.45, 2.75) is 39.2 Å². The summed E-state index contributed by atoms with van der Waals surface area (Å²) in [6.45, 7) is 6.14. The number of amides is 2. The minimum Gasteiger partial charge on any atom is -0.494 e. The van der Waals surface area contributed by atoms with Crippen molar-refractivity contribution in [2.24, 2.45) is 0 Å². The van der Waals surface area contributed by atoms with E-state index in [1.54, 1.807) is 17.4 Å². The predicted molar refractivity (Wildman–Crippen MR) is 140 cm³/mol. The molecule has 1 aliphatic rings. The van der Waals surface area contributed by atoms with Crippen molar-refractivity contribution in [1.82, 2.24) is 15.2 Å². The number of para-hydroxylation sites is 1. The zero-order valence-corrected chi connectivity index (χ0v) is 21.0. The van der Waals surface area contributed by atoms with Gasteiger partial charge in [-0.15, -0.1) is 11.3 Å². The van der Waals surface area contributed by atoms with Crippen molar-refractivity contribution < 1.29 is 14.3 Å². The largest absolute Gasteiger partial charge is 0.494 e. The maximum Gasteiger partial charge on any atom is 0.253 e. The van der Waals surface area contributed by atoms with Gasteiger partial charge in [-0.05, 0) is 62.4 Å². The molecule has 0 unspecified atom stereocenters. The first kappa shape index (κ1) is 24.7. The molecule has 2 amide bonds. The number of benzene rings is 1. The van der Waals surface area contributed by atoms with Crippen LogP contribution in [-0.2, 0) is 11.3 Å². The van der Waals surface area contributed by atoms with Gasteiger partial charge in [0, 0.05) is 47.8 Å². The molecule has 6 nitrogen and oxygen atoms in total. The third-order valence-electron chi connectivity index (χ3n) is 6.15. The van der Waals surface area contributed by atoms with Gasteiger partial charge in [0.1, 0.15) is 5.75 Å². The minimum atomic E-state index is -0.142. The lowest BCUT2D eigenvalue weighted by Crippen LogP contribution is -2.37. The minimum absolute atomic E-state index is 0.0278. The normalized spacial score (nSPS) is 14.3. The second kappa shape index (κ2) is 11.8. The second-order valence-corrected chi connectivity index (χ2v) is 9.54. The highest BCUT2D eigenvalue weighted by atomic mass is 32.1. The number of carbonyl (C=O) groups is 2. The van der Waals surface area contributed by atoms with Crippen LogP contribution >= 0.6 is 11.3 Å². The van der Waals surface area contributed by atoms with Crippen LogP contribution in [0.15, 0.2) is 60.0 Å². The molecule has 1 N–H and O–H groups in total. The summed E-state index contributed by atoms with van der Waals surface area (Å²) in [5.74, 6) is 0.801. The number of hydrogen-bond donors (Lipinski definition) is 1. The summed E-state index contributed by atoms with van der Waals surface area (Å²) < 4.78 is 5.68. The smallest absolute Gasteiger partial charge is 0.253 e. The first-order chi connectivity index (χ1) is 17.0. The Morgan fingerprint density at radius 2 is 1.94 bits per heavy atom. The molecule has 0 aliphatic carbocycles. The summed E-state index contributed by atoms with van der Waals surface area (Å²) in [7, 11) is 0. The van der Waals surface area contributed by atoms with Crippen LogP contribution < -0.4 is 10.1 Å². The summed E-state index contributed by atoms with van der Waals surface area (Å²) >= 11 is 1.61. The third kappa shape index (κ3) is 6.36. The van der Waals surface area contributed by atoms with E-state index in [0.717, 1.165) is 40.4 Å². The highest BCUT2D eigenvalue weighted by Crippen LogP contribution is 2.30. The van der Waals surface area contributed by atoms with E-state index in [4.69, 9.17) is 9.72 Å². The lowest BCUT2D eigenvalue weighted by molar-refractivity contribution is -0.127. The number of rotatable bonds is 8. The van der Waals surface area contributed by atoms with Crippen molar-refractivity contribution in [3.63, 3.8) is 0 Å². The number of nitrogens with one attached hydrogen (secondary N) is 1. The van der Waals surface area contributed by atoms with E-state index in [9.17, 15) is 9.59 Å². The number of thiophene rings is 1. The van der Waals surface area contributed by atoms with Gasteiger partial charge in [-0.1, -0.05) is 24.3 Å². The fourth-order valence-corrected chi connectivity index (χ4v) is 4.93. The first-order valence-corrected chi connectivity index (χ1v) is 12.9. The average molecular weight is 490 g/mol. The number of ether oxygens (including phenoxy) is 1. The van der Waals surface area contributed by atoms with Gasteiger partial charge in [0.25, 0.3) is 5.91 Å². The Balaban J connectivity index is 1.41. The van der Waals surface area contributed by atoms with E-state index in [1.807, 2.05) is 78.7 Å². The highest BCUT2D eigenvalue weighted by molar-refractivity contribution is 7.10. The number of aryl methyl sites for hydroxylation is 1. The number of hydrogen-bond acceptors (Lipinski definition) is 5. The van der Waals surface area contributed by atoms with E-state index in [2.05, 4.69) is 5.32 Å². The zero-order chi connectivity index (χ0) is 24.6. The SMILES string of the molecule is CCOc1ccccc1CNC(=O)c1ccc(C)nc1C1CCN(C(=O)/C=C/c2cccs2)CC1. The van der Waals surface area contributed by atoms with E-state index >= 15 is 0 Å². The summed E-state index contributed by atoms with van der Waals surface area (Å²) in [6.07, 6.45) is 5.08. The molecule has 0 atom stereocenters. The van der Waals surface area contributed by atoms with Crippen molar-refractivity contribution in [3.8, 4) is 5.75 Å². The standard InChI is InChI=1S/C28H31N3O3S/c1-3-34-25-9-5-4-7-22(25)19-29-28(33)24-12-10-20(2)30-27(24)21-14-16-31(17-15-21)26(32)13-11-23-8-6-18-35-23/h4-13,18,21H,3,14-17,19H2,1-2H3,(H,29,33)/b13-11+. The fourth-order valence-electron chi connectivity index (χ4n) is 4.32. The topological polar surface area (TPSA) is 71.5 Å². The Bertz CT molecular complexity index is 1180. The molecule has 0 bridgehead atoms. The van der Waals surface area contributed by atoms with Crippen LogP contribution in [0, 0.1) is 6.92 Å². The first-order valence-electron chi connectivity index (χ1n) is 12.0. The number of carbonyl (C=O) groups excluding carboxylic acids is 2. The van der Waals surface area contributed by atoms with Gasteiger partial charge in [-0.3, -0.25) is 14.6 Å². The Hall–Kier alpha value is -3.45. The molecule has 1 aliphatic heterocycles. The molecule has 7 heteroatoms. The van der Waals surface area contributed by atoms with Crippen LogP contribution in [0.5, 0.6) is 5.75 Å². The molecule has 0 radical (unpaired) electrons. The van der Waals surface area contributed by atoms with Gasteiger partial charge < -0.3 is 15.0 Å². The van der Waals surface area contributed by atoms with Crippen molar-refractivity contribution >= 4 is 29.2 Å². The monoisotopic (exact) mass is 489 g/mol. The Morgan fingerprint density at radius 1 is 1.14 bits per heavy atom. The summed E-state index contributed by atoms with van der Waals surface area (Å²) in [4.78, 5) is 33.5. The quantitative estimate of drug-likeness (QED) is 0.442. The lowest BCUT2D eigenvalue weighted by Gasteiger charge is -2.32. The van der Waals surface area contributed by atoms with Crippen LogP contribution in [-0.4, -0.2) is 41.4 Å². The van der Waals surface area contributed by atoms with Gasteiger partial charge in [-0.2, -0.15) is 0 Å². The summed E-state index contributed by atoms with van der Waals surface area (Å²) in [5.41, 5.74) is 3.25. The molecule has 0 spiro atoms. The van der Waals surface area contributed by atoms with E-state index < -0.39 is 0 Å². The molecule has 1 aromatic carbocycles. The number of likely N-dealkylation sites (tertiary alicyclic amines) is 1. The van der Waals surface area contributed by atoms with Crippen LogP contribution in [0.3, 0.4) is 0 Å². The zero-order valence-electron chi connectivity index (χ0n) is 20.2. The number of aromatic nitrogens is 1. The van der Waals surface area contributed by atoms with E-state index in [-0.39, 0.29) is 17.7 Å². The molecule has 1 fully saturated rings. The molecule has 3 heterocycles. The Kier molecular flexibility index (Phi) is 8.32. The van der Waals surface area contributed by atoms with Crippen LogP contribution in [0.1, 0.15) is 57.9 Å². The van der Waals surface area contributed by atoms with Gasteiger partial charge >= 0.3 is 0 Å². The summed E-state index contributed by atoms with van der Waals surface area (Å²) in [6, 6.07) is 15.4. The van der Waals surface area contributed by atoms with E-state index in [1.165, 1.54) is 0 Å². The Labute approximate surface area is 210 Å². The van der Waals surface area contributed by atoms with Crippen molar-refractivity contribution in [2.75, 3.05) is 19.7 Å². The molecule has 4 rings (SSSR count). The predicted octanol–water partition coefficient (Wildman–Crippen LogP) is 5.20. The van der Waals surface area contributed by atoms with Crippen molar-refractivity contribution in [3.05, 3.63) is 87.4 Å². The molecular formula is C28H31N3O3S. The van der Waals surface area contributed by atoms with Gasteiger partial charge in [0.15, 0.2) is 0 Å². The molecule has 35 heavy (non-hydrogen) atoms. The van der Waals surface area contributed by atoms with Crippen LogP contribution in [0.2, 0.25) is 0 Å². The maximum atomic E-state index is 13.2. The molecule has 2 aromatic heterocycles. The molecule has 0 saturated carbocycles. The van der Waals surface area contributed by atoms with Gasteiger partial charge in [0.2, 0.25) is 5.91 Å². The maximum absolute atomic E-state index is 13.2. The number of pyridine rings is 1. The fraction of sp³-hybridized carbons (Fsp3) is 0.321. The molecule has 3 aromatic rings. The van der Waals surface area contributed by atoms with Gasteiger partial charge in [0.05, 0.1) is 17.9 Å². The van der Waals surface area contributed by atoms with Crippen LogP contribution in [0.4, 0.5) is 0 Å². The average Bonchev–Trinajstić information content (AvgIpc) is 3.40. The highest BCUT2D eigenvalue weighted by Gasteiger charge is 2.27. The van der Waals surface area contributed by atoms with Crippen molar-refractivity contribution in [1.29, 1.82) is 0 Å². The summed E-state index contributed by atoms with van der Waals surface area (Å²) in [5, 5.41) is 5.03.